The van der Waals surface area contributed by atoms with Crippen molar-refractivity contribution in [2.75, 3.05) is 0 Å². The maximum Gasteiger partial charge on any atom is 0.0998 e. The highest BCUT2D eigenvalue weighted by Gasteiger charge is 2.06. The van der Waals surface area contributed by atoms with Crippen molar-refractivity contribution in [3.05, 3.63) is 24.5 Å². The smallest absolute Gasteiger partial charge is 0.0998 e. The molecular formula is C9H16O. The van der Waals surface area contributed by atoms with Crippen LogP contribution in [0.1, 0.15) is 27.7 Å². The van der Waals surface area contributed by atoms with E-state index in [1.807, 2.05) is 33.8 Å². The molecule has 58 valence electrons. The first-order valence-electron chi connectivity index (χ1n) is 3.42. The summed E-state index contributed by atoms with van der Waals surface area (Å²) in [4.78, 5) is 0. The molecule has 0 rings (SSSR count). The van der Waals surface area contributed by atoms with Crippen molar-refractivity contribution >= 4 is 0 Å². The van der Waals surface area contributed by atoms with Crippen LogP contribution >= 0.6 is 0 Å². The van der Waals surface area contributed by atoms with Crippen molar-refractivity contribution in [2.45, 2.75) is 33.3 Å². The third-order valence-electron chi connectivity index (χ3n) is 0.774. The van der Waals surface area contributed by atoms with Crippen LogP contribution in [0.15, 0.2) is 24.5 Å². The maximum absolute atomic E-state index is 5.30. The first-order valence-corrected chi connectivity index (χ1v) is 3.42. The predicted molar refractivity (Wildman–Crippen MR) is 44.8 cm³/mol. The van der Waals surface area contributed by atoms with Gasteiger partial charge in [-0.2, -0.15) is 0 Å². The number of allylic oxidation sites excluding steroid dienone is 2. The Morgan fingerprint density at radius 1 is 1.40 bits per heavy atom. The molecule has 0 atom stereocenters. The molecule has 0 aliphatic rings. The van der Waals surface area contributed by atoms with Gasteiger partial charge < -0.3 is 4.74 Å². The van der Waals surface area contributed by atoms with Gasteiger partial charge in [-0.1, -0.05) is 12.2 Å². The van der Waals surface area contributed by atoms with E-state index in [4.69, 9.17) is 4.74 Å². The SMILES string of the molecule is C=C(C)/C=C\OC(C)(C)C. The summed E-state index contributed by atoms with van der Waals surface area (Å²) in [5.74, 6) is 0. The minimum atomic E-state index is -0.0913. The molecule has 0 unspecified atom stereocenters. The average molecular weight is 140 g/mol. The Hall–Kier alpha value is -0.720. The van der Waals surface area contributed by atoms with Crippen molar-refractivity contribution in [3.63, 3.8) is 0 Å². The summed E-state index contributed by atoms with van der Waals surface area (Å²) < 4.78 is 5.30. The summed E-state index contributed by atoms with van der Waals surface area (Å²) in [7, 11) is 0. The molecule has 0 aromatic heterocycles. The lowest BCUT2D eigenvalue weighted by Gasteiger charge is -2.17. The highest BCUT2D eigenvalue weighted by Crippen LogP contribution is 2.07. The molecule has 0 spiro atoms. The second-order valence-electron chi connectivity index (χ2n) is 3.38. The first-order chi connectivity index (χ1) is 4.42. The van der Waals surface area contributed by atoms with E-state index in [0.717, 1.165) is 5.57 Å². The third-order valence-corrected chi connectivity index (χ3v) is 0.774. The monoisotopic (exact) mass is 140 g/mol. The lowest BCUT2D eigenvalue weighted by molar-refractivity contribution is 0.0766. The fraction of sp³-hybridized carbons (Fsp3) is 0.556. The molecule has 10 heavy (non-hydrogen) atoms. The fourth-order valence-electron chi connectivity index (χ4n) is 0.354. The zero-order chi connectivity index (χ0) is 8.20. The van der Waals surface area contributed by atoms with Crippen molar-refractivity contribution in [2.24, 2.45) is 0 Å². The van der Waals surface area contributed by atoms with E-state index in [2.05, 4.69) is 6.58 Å². The Balaban J connectivity index is 3.64. The zero-order valence-corrected chi connectivity index (χ0v) is 7.27. The first kappa shape index (κ1) is 9.28. The lowest BCUT2D eigenvalue weighted by Crippen LogP contribution is -2.15. The van der Waals surface area contributed by atoms with Crippen LogP contribution in [-0.4, -0.2) is 5.60 Å². The van der Waals surface area contributed by atoms with Gasteiger partial charge in [0.15, 0.2) is 0 Å². The van der Waals surface area contributed by atoms with E-state index < -0.39 is 0 Å². The summed E-state index contributed by atoms with van der Waals surface area (Å²) >= 11 is 0. The molecule has 0 heterocycles. The molecule has 0 fully saturated rings. The summed E-state index contributed by atoms with van der Waals surface area (Å²) in [6, 6.07) is 0. The normalized spacial score (nSPS) is 12.0. The molecule has 0 amide bonds. The minimum absolute atomic E-state index is 0.0913. The molecule has 0 saturated heterocycles. The Bertz CT molecular complexity index is 137. The van der Waals surface area contributed by atoms with Crippen LogP contribution in [0.2, 0.25) is 0 Å². The molecule has 0 radical (unpaired) electrons. The summed E-state index contributed by atoms with van der Waals surface area (Å²) in [6.45, 7) is 11.7. The molecular weight excluding hydrogens is 124 g/mol. The van der Waals surface area contributed by atoms with Crippen LogP contribution in [0.3, 0.4) is 0 Å². The van der Waals surface area contributed by atoms with Crippen molar-refractivity contribution in [1.82, 2.24) is 0 Å². The van der Waals surface area contributed by atoms with E-state index in [0.29, 0.717) is 0 Å². The van der Waals surface area contributed by atoms with Crippen molar-refractivity contribution in [1.29, 1.82) is 0 Å². The second-order valence-corrected chi connectivity index (χ2v) is 3.38. The van der Waals surface area contributed by atoms with E-state index in [1.165, 1.54) is 0 Å². The van der Waals surface area contributed by atoms with Crippen LogP contribution in [0.4, 0.5) is 0 Å². The van der Waals surface area contributed by atoms with Gasteiger partial charge >= 0.3 is 0 Å². The van der Waals surface area contributed by atoms with Gasteiger partial charge in [0.1, 0.15) is 0 Å². The van der Waals surface area contributed by atoms with Gasteiger partial charge in [0, 0.05) is 0 Å². The molecule has 0 aliphatic carbocycles. The van der Waals surface area contributed by atoms with E-state index in [-0.39, 0.29) is 5.60 Å². The van der Waals surface area contributed by atoms with Crippen LogP contribution < -0.4 is 0 Å². The zero-order valence-electron chi connectivity index (χ0n) is 7.27. The molecule has 0 aliphatic heterocycles. The second kappa shape index (κ2) is 3.45. The topological polar surface area (TPSA) is 9.23 Å². The Morgan fingerprint density at radius 3 is 2.20 bits per heavy atom. The third kappa shape index (κ3) is 7.28. The lowest BCUT2D eigenvalue weighted by atomic mass is 10.2. The number of ether oxygens (including phenoxy) is 1. The number of rotatable bonds is 2. The maximum atomic E-state index is 5.30. The molecule has 0 aromatic carbocycles. The Morgan fingerprint density at radius 2 is 1.90 bits per heavy atom. The Kier molecular flexibility index (Phi) is 3.20. The van der Waals surface area contributed by atoms with Crippen LogP contribution in [0.25, 0.3) is 0 Å². The molecule has 1 heteroatoms. The van der Waals surface area contributed by atoms with E-state index >= 15 is 0 Å². The standard InChI is InChI=1S/C9H16O/c1-8(2)6-7-10-9(3,4)5/h6-7H,1H2,2-5H3/b7-6-. The van der Waals surface area contributed by atoms with Gasteiger partial charge in [0.05, 0.1) is 11.9 Å². The molecule has 1 nitrogen and oxygen atoms in total. The fourth-order valence-corrected chi connectivity index (χ4v) is 0.354. The van der Waals surface area contributed by atoms with Gasteiger partial charge in [0.2, 0.25) is 0 Å². The molecule has 0 saturated carbocycles. The van der Waals surface area contributed by atoms with Gasteiger partial charge in [0.25, 0.3) is 0 Å². The van der Waals surface area contributed by atoms with E-state index in [9.17, 15) is 0 Å². The largest absolute Gasteiger partial charge is 0.496 e. The number of hydrogen-bond donors (Lipinski definition) is 0. The van der Waals surface area contributed by atoms with Crippen LogP contribution in [0, 0.1) is 0 Å². The highest BCUT2D eigenvalue weighted by atomic mass is 16.5. The highest BCUT2D eigenvalue weighted by molar-refractivity contribution is 5.08. The molecule has 0 bridgehead atoms. The van der Waals surface area contributed by atoms with Gasteiger partial charge in [-0.25, -0.2) is 0 Å². The quantitative estimate of drug-likeness (QED) is 0.423. The van der Waals surface area contributed by atoms with Gasteiger partial charge in [-0.05, 0) is 33.8 Å². The predicted octanol–water partition coefficient (Wildman–Crippen LogP) is 2.89. The summed E-state index contributed by atoms with van der Waals surface area (Å²) in [6.07, 6.45) is 3.54. The van der Waals surface area contributed by atoms with E-state index in [1.54, 1.807) is 6.26 Å². The van der Waals surface area contributed by atoms with Crippen LogP contribution in [-0.2, 0) is 4.74 Å². The molecule has 0 N–H and O–H groups in total. The summed E-state index contributed by atoms with van der Waals surface area (Å²) in [5.41, 5.74) is 0.913. The summed E-state index contributed by atoms with van der Waals surface area (Å²) in [5, 5.41) is 0. The van der Waals surface area contributed by atoms with Gasteiger partial charge in [-0.15, -0.1) is 0 Å². The van der Waals surface area contributed by atoms with Crippen molar-refractivity contribution in [3.8, 4) is 0 Å². The van der Waals surface area contributed by atoms with Crippen molar-refractivity contribution < 1.29 is 4.74 Å². The Labute approximate surface area is 63.4 Å². The van der Waals surface area contributed by atoms with Crippen LogP contribution in [0.5, 0.6) is 0 Å². The minimum Gasteiger partial charge on any atom is -0.496 e. The van der Waals surface area contributed by atoms with Gasteiger partial charge in [-0.3, -0.25) is 0 Å². The number of hydrogen-bond acceptors (Lipinski definition) is 1. The average Bonchev–Trinajstić information content (AvgIpc) is 1.59. The molecule has 0 aromatic rings.